The van der Waals surface area contributed by atoms with Gasteiger partial charge in [0, 0.05) is 30.7 Å². The van der Waals surface area contributed by atoms with Crippen molar-refractivity contribution in [1.82, 2.24) is 17.6 Å². The van der Waals surface area contributed by atoms with Crippen molar-refractivity contribution in [1.29, 1.82) is 0 Å². The lowest BCUT2D eigenvalue weighted by Gasteiger charge is -2.52. The third-order valence-corrected chi connectivity index (χ3v) is 27.8. The van der Waals surface area contributed by atoms with Crippen molar-refractivity contribution in [2.24, 2.45) is 0 Å². The lowest BCUT2D eigenvalue weighted by Crippen LogP contribution is -2.71. The minimum absolute atomic E-state index is 1.12. The highest BCUT2D eigenvalue weighted by Crippen LogP contribution is 2.24. The van der Waals surface area contributed by atoms with Gasteiger partial charge >= 0.3 is 0 Å². The van der Waals surface area contributed by atoms with Gasteiger partial charge in [-0.25, -0.2) is 0 Å². The van der Waals surface area contributed by atoms with E-state index in [1.807, 2.05) is 0 Å². The quantitative estimate of drug-likeness (QED) is 0.162. The van der Waals surface area contributed by atoms with Gasteiger partial charge in [0.2, 0.25) is 0 Å². The lowest BCUT2D eigenvalue weighted by atomic mass is 10.4. The molecule has 0 N–H and O–H groups in total. The van der Waals surface area contributed by atoms with E-state index in [0.29, 0.717) is 0 Å². The Bertz CT molecular complexity index is 372. The van der Waals surface area contributed by atoms with E-state index in [4.69, 9.17) is 0 Å². The first-order chi connectivity index (χ1) is 16.5. The van der Waals surface area contributed by atoms with Crippen LogP contribution in [0.5, 0.6) is 0 Å². The van der Waals surface area contributed by atoms with E-state index < -0.39 is 27.4 Å². The summed E-state index contributed by atoms with van der Waals surface area (Å²) < 4.78 is 12.9. The monoisotopic (exact) mass is 578 g/mol. The molecule has 0 aliphatic rings. The molecule has 3 unspecified atom stereocenters. The molecule has 0 rings (SSSR count). The number of nitrogens with zero attached hydrogens (tertiary/aromatic N) is 4. The zero-order valence-electron chi connectivity index (χ0n) is 25.2. The van der Waals surface area contributed by atoms with Crippen LogP contribution in [-0.2, 0) is 0 Å². The molecule has 0 fully saturated rings. The first-order valence-corrected chi connectivity index (χ1v) is 25.3. The molecule has 0 aromatic carbocycles. The first kappa shape index (κ1) is 35.1. The molecule has 0 aliphatic heterocycles. The highest BCUT2D eigenvalue weighted by molar-refractivity contribution is 6.84. The first-order valence-electron chi connectivity index (χ1n) is 15.5. The second-order valence-electron chi connectivity index (χ2n) is 10.4. The Balaban J connectivity index is 6.80. The van der Waals surface area contributed by atoms with Crippen LogP contribution in [0.25, 0.3) is 0 Å². The van der Waals surface area contributed by atoms with Gasteiger partial charge in [0.05, 0.1) is 0 Å². The normalized spacial score (nSPS) is 15.4. The Morgan fingerprint density at radius 1 is 0.412 bits per heavy atom. The molecule has 0 aromatic rings. The summed E-state index contributed by atoms with van der Waals surface area (Å²) in [5.41, 5.74) is 0. The van der Waals surface area contributed by atoms with E-state index >= 15 is 0 Å². The number of hydrogen-bond donors (Lipinski definition) is 0. The van der Waals surface area contributed by atoms with Gasteiger partial charge in [0.1, 0.15) is 0 Å². The van der Waals surface area contributed by atoms with Gasteiger partial charge in [0.15, 0.2) is 27.4 Å². The Hall–Kier alpha value is 1.14. The third kappa shape index (κ3) is 12.6. The zero-order valence-corrected chi connectivity index (χ0v) is 34.7. The maximum atomic E-state index is 3.55. The van der Waals surface area contributed by atoms with Crippen molar-refractivity contribution in [2.45, 2.75) is 116 Å². The molecule has 10 heteroatoms. The smallest absolute Gasteiger partial charge is 0.177 e. The molecule has 206 valence electrons. The van der Waals surface area contributed by atoms with E-state index in [9.17, 15) is 0 Å². The molecule has 0 saturated carbocycles. The topological polar surface area (TPSA) is 13.0 Å². The molecule has 0 aliphatic carbocycles. The summed E-state index contributed by atoms with van der Waals surface area (Å²) in [5, 5.41) is 0. The van der Waals surface area contributed by atoms with Crippen LogP contribution < -0.4 is 0 Å². The Labute approximate surface area is 230 Å². The highest BCUT2D eigenvalue weighted by Gasteiger charge is 2.41. The summed E-state index contributed by atoms with van der Waals surface area (Å²) in [6, 6.07) is 9.26. The molecule has 0 amide bonds. The molecule has 0 bridgehead atoms. The summed E-state index contributed by atoms with van der Waals surface area (Å²) >= 11 is 0. The minimum atomic E-state index is -1.12. The van der Waals surface area contributed by atoms with Crippen LogP contribution in [0.3, 0.4) is 0 Å². The average Bonchev–Trinajstić information content (AvgIpc) is 2.82. The summed E-state index contributed by atoms with van der Waals surface area (Å²) in [4.78, 5) is 0. The van der Waals surface area contributed by atoms with Crippen LogP contribution in [0.4, 0.5) is 0 Å². The fourth-order valence-corrected chi connectivity index (χ4v) is 29.4. The van der Waals surface area contributed by atoms with Crippen LogP contribution in [0.15, 0.2) is 0 Å². The second kappa shape index (κ2) is 23.3. The predicted octanol–water partition coefficient (Wildman–Crippen LogP) is 1.67. The van der Waals surface area contributed by atoms with Crippen LogP contribution in [-0.4, -0.2) is 115 Å². The maximum Gasteiger partial charge on any atom is 0.177 e. The number of hydrogen-bond acceptors (Lipinski definition) is 4. The summed E-state index contributed by atoms with van der Waals surface area (Å²) in [6.45, 7) is 22.7. The van der Waals surface area contributed by atoms with Crippen LogP contribution >= 0.6 is 0 Å². The Morgan fingerprint density at radius 3 is 0.765 bits per heavy atom. The van der Waals surface area contributed by atoms with E-state index in [-0.39, 0.29) is 0 Å². The molecule has 34 heavy (non-hydrogen) atoms. The SMILES string of the molecule is CCCN(CCC)[SiH](CC[SiH3])N([SiH](CC[SiH3])N(CCC)CCC)[SiH](CC[SiH3])N(CCC)CCC. The van der Waals surface area contributed by atoms with Gasteiger partial charge in [-0.1, -0.05) is 59.7 Å². The van der Waals surface area contributed by atoms with Crippen molar-refractivity contribution >= 4 is 58.1 Å². The van der Waals surface area contributed by atoms with E-state index in [1.165, 1.54) is 127 Å². The molecule has 0 heterocycles. The van der Waals surface area contributed by atoms with Gasteiger partial charge in [-0.3, -0.25) is 0 Å². The van der Waals surface area contributed by atoms with Crippen LogP contribution in [0, 0.1) is 0 Å². The fourth-order valence-electron chi connectivity index (χ4n) is 5.88. The zero-order chi connectivity index (χ0) is 25.8. The summed E-state index contributed by atoms with van der Waals surface area (Å²) in [6.07, 6.45) is 8.00. The van der Waals surface area contributed by atoms with Crippen molar-refractivity contribution in [3.05, 3.63) is 0 Å². The molecular weight excluding hydrogens is 513 g/mol. The van der Waals surface area contributed by atoms with Gasteiger partial charge in [0.25, 0.3) is 0 Å². The lowest BCUT2D eigenvalue weighted by molar-refractivity contribution is 0.367. The van der Waals surface area contributed by atoms with Gasteiger partial charge in [-0.15, -0.1) is 0 Å². The maximum absolute atomic E-state index is 3.55. The van der Waals surface area contributed by atoms with Gasteiger partial charge in [-0.2, -0.15) is 0 Å². The molecule has 0 aromatic heterocycles. The predicted molar refractivity (Wildman–Crippen MR) is 178 cm³/mol. The molecule has 0 saturated heterocycles. The molecular formula is C24H66N4Si6. The molecule has 0 radical (unpaired) electrons. The van der Waals surface area contributed by atoms with Crippen molar-refractivity contribution in [2.75, 3.05) is 39.3 Å². The fraction of sp³-hybridized carbons (Fsp3) is 1.00. The van der Waals surface area contributed by atoms with Crippen LogP contribution in [0.2, 0.25) is 36.3 Å². The van der Waals surface area contributed by atoms with E-state index in [2.05, 4.69) is 59.1 Å². The second-order valence-corrected chi connectivity index (χ2v) is 23.7. The molecule has 3 atom stereocenters. The average molecular weight is 579 g/mol. The summed E-state index contributed by atoms with van der Waals surface area (Å²) in [7, 11) is 0.789. The van der Waals surface area contributed by atoms with Crippen LogP contribution in [0.1, 0.15) is 80.1 Å². The standard InChI is InChI=1S/C24H66N4Si6/c1-7-13-25(14-8-2)32(22-19-29)28(33(23-20-30)26(15-9-3)16-10-4)34(24-21-31)27(17-11-5)18-12-6/h32-34H,7-24H2,1-6,29-31H3. The summed E-state index contributed by atoms with van der Waals surface area (Å²) in [5.74, 6) is 0. The van der Waals surface area contributed by atoms with E-state index in [1.54, 1.807) is 18.1 Å². The third-order valence-electron chi connectivity index (χ3n) is 7.00. The van der Waals surface area contributed by atoms with Crippen molar-refractivity contribution in [3.63, 3.8) is 0 Å². The molecule has 4 nitrogen and oxygen atoms in total. The van der Waals surface area contributed by atoms with Crippen molar-refractivity contribution < 1.29 is 0 Å². The largest absolute Gasteiger partial charge is 0.339 e. The highest BCUT2D eigenvalue weighted by atomic mass is 28.4. The van der Waals surface area contributed by atoms with Crippen molar-refractivity contribution in [3.8, 4) is 0 Å². The minimum Gasteiger partial charge on any atom is -0.339 e. The van der Waals surface area contributed by atoms with Gasteiger partial charge in [-0.05, 0) is 95.9 Å². The molecule has 0 spiro atoms. The van der Waals surface area contributed by atoms with E-state index in [0.717, 1.165) is 0 Å². The number of rotatable bonds is 24. The van der Waals surface area contributed by atoms with Gasteiger partial charge < -0.3 is 17.6 Å². The Kier molecular flexibility index (Phi) is 24.1. The Morgan fingerprint density at radius 2 is 0.618 bits per heavy atom.